The minimum absolute atomic E-state index is 0.0873. The minimum Gasteiger partial charge on any atom is -0.370 e. The number of rotatable bonds is 3. The number of nitrogens with one attached hydrogen (secondary N) is 1. The Kier molecular flexibility index (Phi) is 4.66. The van der Waals surface area contributed by atoms with Crippen LogP contribution in [0.1, 0.15) is 30.5 Å². The maximum Gasteiger partial charge on any atom is 0.231 e. The normalized spacial score (nSPS) is 18.8. The van der Waals surface area contributed by atoms with Crippen LogP contribution in [0.4, 0.5) is 19.6 Å². The van der Waals surface area contributed by atoms with Crippen molar-refractivity contribution < 1.29 is 13.6 Å². The number of nitrogens with zero attached hydrogens (tertiary/aromatic N) is 3. The summed E-state index contributed by atoms with van der Waals surface area (Å²) < 4.78 is 27.7. The number of hydrogen-bond donors (Lipinski definition) is 1. The lowest BCUT2D eigenvalue weighted by Gasteiger charge is -2.34. The summed E-state index contributed by atoms with van der Waals surface area (Å²) in [5.74, 6) is -1.67. The predicted molar refractivity (Wildman–Crippen MR) is 109 cm³/mol. The fraction of sp³-hybridized carbons (Fsp3) is 0.381. The molecule has 0 bridgehead atoms. The number of anilines is 2. The zero-order valence-corrected chi connectivity index (χ0v) is 16.6. The summed E-state index contributed by atoms with van der Waals surface area (Å²) in [5.41, 5.74) is 3.78. The van der Waals surface area contributed by atoms with Crippen LogP contribution in [0.2, 0.25) is 0 Å². The van der Waals surface area contributed by atoms with E-state index in [1.807, 2.05) is 6.20 Å². The second kappa shape index (κ2) is 7.33. The Labute approximate surface area is 170 Å². The van der Waals surface area contributed by atoms with Crippen molar-refractivity contribution in [1.82, 2.24) is 9.97 Å². The number of fused-ring (bicyclic) bond motifs is 2. The van der Waals surface area contributed by atoms with Gasteiger partial charge in [0, 0.05) is 36.7 Å². The van der Waals surface area contributed by atoms with E-state index >= 15 is 0 Å². The average molecular weight is 414 g/mol. The molecule has 150 valence electrons. The van der Waals surface area contributed by atoms with E-state index in [-0.39, 0.29) is 17.3 Å². The van der Waals surface area contributed by atoms with Crippen LogP contribution in [0, 0.1) is 17.6 Å². The first-order chi connectivity index (χ1) is 14.1. The van der Waals surface area contributed by atoms with E-state index in [0.29, 0.717) is 16.4 Å². The molecule has 1 unspecified atom stereocenters. The van der Waals surface area contributed by atoms with Crippen LogP contribution in [0.25, 0.3) is 10.2 Å². The molecular weight excluding hydrogens is 394 g/mol. The summed E-state index contributed by atoms with van der Waals surface area (Å²) in [6.45, 7) is 1.56. The molecule has 29 heavy (non-hydrogen) atoms. The van der Waals surface area contributed by atoms with E-state index in [0.717, 1.165) is 56.1 Å². The molecule has 2 aliphatic rings. The summed E-state index contributed by atoms with van der Waals surface area (Å²) in [6, 6.07) is 4.09. The van der Waals surface area contributed by atoms with Crippen LogP contribution in [-0.4, -0.2) is 29.0 Å². The van der Waals surface area contributed by atoms with Gasteiger partial charge in [0.1, 0.15) is 11.3 Å². The molecule has 1 aliphatic carbocycles. The average Bonchev–Trinajstić information content (AvgIpc) is 3.34. The fourth-order valence-corrected chi connectivity index (χ4v) is 5.28. The van der Waals surface area contributed by atoms with Gasteiger partial charge in [-0.25, -0.2) is 13.8 Å². The first-order valence-corrected chi connectivity index (χ1v) is 10.7. The van der Waals surface area contributed by atoms with Crippen molar-refractivity contribution in [3.8, 4) is 0 Å². The van der Waals surface area contributed by atoms with E-state index in [4.69, 9.17) is 0 Å². The van der Waals surface area contributed by atoms with Crippen molar-refractivity contribution >= 4 is 38.3 Å². The molecule has 5 rings (SSSR count). The molecule has 1 N–H and O–H groups in total. The van der Waals surface area contributed by atoms with Gasteiger partial charge in [0.15, 0.2) is 10.9 Å². The molecule has 1 fully saturated rings. The molecule has 8 heteroatoms. The van der Waals surface area contributed by atoms with Crippen molar-refractivity contribution in [3.63, 3.8) is 0 Å². The number of amides is 1. The van der Waals surface area contributed by atoms with Crippen LogP contribution in [-0.2, 0) is 17.6 Å². The summed E-state index contributed by atoms with van der Waals surface area (Å²) >= 11 is 1.09. The number of thiazole rings is 1. The number of benzene rings is 1. The Bertz CT molecular complexity index is 1100. The summed E-state index contributed by atoms with van der Waals surface area (Å²) in [7, 11) is 0. The molecule has 1 atom stereocenters. The molecule has 1 amide bonds. The Hall–Kier alpha value is -2.61. The molecule has 1 aliphatic heterocycles. The van der Waals surface area contributed by atoms with Crippen LogP contribution < -0.4 is 10.2 Å². The third-order valence-electron chi connectivity index (χ3n) is 5.74. The van der Waals surface area contributed by atoms with Gasteiger partial charge in [0.05, 0.1) is 10.6 Å². The first-order valence-electron chi connectivity index (χ1n) is 9.86. The zero-order valence-electron chi connectivity index (χ0n) is 15.8. The van der Waals surface area contributed by atoms with Gasteiger partial charge < -0.3 is 10.2 Å². The van der Waals surface area contributed by atoms with Gasteiger partial charge >= 0.3 is 0 Å². The molecule has 1 saturated heterocycles. The molecule has 1 aromatic carbocycles. The summed E-state index contributed by atoms with van der Waals surface area (Å²) in [4.78, 5) is 23.8. The Morgan fingerprint density at radius 1 is 1.24 bits per heavy atom. The topological polar surface area (TPSA) is 58.1 Å². The highest BCUT2D eigenvalue weighted by atomic mass is 32.1. The lowest BCUT2D eigenvalue weighted by atomic mass is 9.96. The number of halogens is 2. The van der Waals surface area contributed by atoms with Crippen molar-refractivity contribution in [2.24, 2.45) is 5.92 Å². The monoisotopic (exact) mass is 414 g/mol. The molecule has 0 spiro atoms. The third kappa shape index (κ3) is 3.46. The predicted octanol–water partition coefficient (Wildman–Crippen LogP) is 4.31. The second-order valence-electron chi connectivity index (χ2n) is 7.64. The van der Waals surface area contributed by atoms with Gasteiger partial charge in [-0.05, 0) is 49.8 Å². The number of carbonyl (C=O) groups is 1. The largest absolute Gasteiger partial charge is 0.370 e. The van der Waals surface area contributed by atoms with Crippen molar-refractivity contribution in [1.29, 1.82) is 0 Å². The molecule has 2 aromatic heterocycles. The van der Waals surface area contributed by atoms with Crippen LogP contribution in [0.3, 0.4) is 0 Å². The van der Waals surface area contributed by atoms with E-state index in [1.54, 1.807) is 0 Å². The maximum atomic E-state index is 13.9. The van der Waals surface area contributed by atoms with Crippen LogP contribution >= 0.6 is 11.3 Å². The highest BCUT2D eigenvalue weighted by molar-refractivity contribution is 7.22. The van der Waals surface area contributed by atoms with Gasteiger partial charge in [-0.2, -0.15) is 0 Å². The van der Waals surface area contributed by atoms with E-state index in [9.17, 15) is 13.6 Å². The zero-order chi connectivity index (χ0) is 20.0. The van der Waals surface area contributed by atoms with Crippen LogP contribution in [0.5, 0.6) is 0 Å². The number of hydrogen-bond acceptors (Lipinski definition) is 5. The number of carbonyl (C=O) groups excluding carboxylic acids is 1. The van der Waals surface area contributed by atoms with Gasteiger partial charge in [-0.15, -0.1) is 0 Å². The fourth-order valence-electron chi connectivity index (χ4n) is 4.37. The summed E-state index contributed by atoms with van der Waals surface area (Å²) in [6.07, 6.45) is 6.78. The minimum atomic E-state index is -0.716. The Morgan fingerprint density at radius 2 is 2.14 bits per heavy atom. The maximum absolute atomic E-state index is 13.9. The summed E-state index contributed by atoms with van der Waals surface area (Å²) in [5, 5.41) is 3.11. The number of piperidine rings is 1. The van der Waals surface area contributed by atoms with Crippen molar-refractivity contribution in [2.45, 2.75) is 32.1 Å². The van der Waals surface area contributed by atoms with Gasteiger partial charge in [0.2, 0.25) is 5.91 Å². The second-order valence-corrected chi connectivity index (χ2v) is 8.67. The van der Waals surface area contributed by atoms with Gasteiger partial charge in [0.25, 0.3) is 0 Å². The molecular formula is C21H20F2N4OS. The number of pyridine rings is 1. The van der Waals surface area contributed by atoms with E-state index in [2.05, 4.69) is 26.3 Å². The Balaban J connectivity index is 1.33. The van der Waals surface area contributed by atoms with E-state index in [1.165, 1.54) is 23.0 Å². The number of aryl methyl sites for hydroxylation is 1. The highest BCUT2D eigenvalue weighted by Gasteiger charge is 2.29. The highest BCUT2D eigenvalue weighted by Crippen LogP contribution is 2.33. The smallest absolute Gasteiger partial charge is 0.231 e. The number of aromatic nitrogens is 2. The van der Waals surface area contributed by atoms with Crippen molar-refractivity contribution in [2.75, 3.05) is 23.3 Å². The van der Waals surface area contributed by atoms with Gasteiger partial charge in [-0.1, -0.05) is 11.3 Å². The SMILES string of the molecule is O=C(Nc1nc2c(F)cc(F)cc2s1)C1CCCN(c2ccnc3c2CCC3)C1. The lowest BCUT2D eigenvalue weighted by molar-refractivity contribution is -0.120. The third-order valence-corrected chi connectivity index (χ3v) is 6.65. The lowest BCUT2D eigenvalue weighted by Crippen LogP contribution is -2.41. The first kappa shape index (κ1) is 18.4. The van der Waals surface area contributed by atoms with Gasteiger partial charge in [-0.3, -0.25) is 9.78 Å². The Morgan fingerprint density at radius 3 is 3.03 bits per heavy atom. The van der Waals surface area contributed by atoms with Crippen molar-refractivity contribution in [3.05, 3.63) is 47.3 Å². The molecule has 0 saturated carbocycles. The van der Waals surface area contributed by atoms with E-state index < -0.39 is 11.6 Å². The van der Waals surface area contributed by atoms with Crippen LogP contribution in [0.15, 0.2) is 24.4 Å². The molecule has 0 radical (unpaired) electrons. The molecule has 5 nitrogen and oxygen atoms in total. The standard InChI is InChI=1S/C21H20F2N4OS/c22-13-9-15(23)19-18(10-13)29-21(25-19)26-20(28)12-3-2-8-27(11-12)17-6-7-24-16-5-1-4-14(16)17/h6-7,9-10,12H,1-5,8,11H2,(H,25,26,28). The molecule has 3 heterocycles. The molecule has 3 aromatic rings. The quantitative estimate of drug-likeness (QED) is 0.694.